The maximum absolute atomic E-state index is 12.1. The number of piperidine rings is 1. The van der Waals surface area contributed by atoms with Crippen LogP contribution < -0.4 is 11.3 Å². The zero-order valence-electron chi connectivity index (χ0n) is 11.9. The molecule has 0 atom stereocenters. The highest BCUT2D eigenvalue weighted by molar-refractivity contribution is 7.99. The van der Waals surface area contributed by atoms with Crippen molar-refractivity contribution in [3.63, 3.8) is 0 Å². The van der Waals surface area contributed by atoms with Gasteiger partial charge in [0.15, 0.2) is 5.16 Å². The monoisotopic (exact) mass is 309 g/mol. The SMILES string of the molecule is Cc1ccnc(SCC(=O)N2CCC(C(=O)NN)CC2)n1. The summed E-state index contributed by atoms with van der Waals surface area (Å²) in [5, 5.41) is 0.612. The number of carbonyl (C=O) groups excluding carboxylic acids is 2. The second kappa shape index (κ2) is 7.37. The highest BCUT2D eigenvalue weighted by Gasteiger charge is 2.26. The number of nitrogens with two attached hydrogens (primary N) is 1. The van der Waals surface area contributed by atoms with Gasteiger partial charge in [0.2, 0.25) is 11.8 Å². The van der Waals surface area contributed by atoms with Gasteiger partial charge in [0.1, 0.15) is 0 Å². The Morgan fingerprint density at radius 1 is 1.48 bits per heavy atom. The predicted molar refractivity (Wildman–Crippen MR) is 79.1 cm³/mol. The summed E-state index contributed by atoms with van der Waals surface area (Å²) < 4.78 is 0. The van der Waals surface area contributed by atoms with Crippen LogP contribution in [-0.4, -0.2) is 45.5 Å². The second-order valence-electron chi connectivity index (χ2n) is 4.93. The third-order valence-electron chi connectivity index (χ3n) is 3.46. The number of hydrazine groups is 1. The molecule has 2 rings (SSSR count). The fourth-order valence-electron chi connectivity index (χ4n) is 2.22. The van der Waals surface area contributed by atoms with Gasteiger partial charge in [-0.25, -0.2) is 15.8 Å². The van der Waals surface area contributed by atoms with E-state index in [1.54, 1.807) is 11.1 Å². The van der Waals surface area contributed by atoms with E-state index in [1.165, 1.54) is 11.8 Å². The Morgan fingerprint density at radius 3 is 2.81 bits per heavy atom. The molecule has 21 heavy (non-hydrogen) atoms. The third kappa shape index (κ3) is 4.40. The fraction of sp³-hybridized carbons (Fsp3) is 0.538. The maximum atomic E-state index is 12.1. The standard InChI is InChI=1S/C13H19N5O2S/c1-9-2-5-15-13(16-9)21-8-11(19)18-6-3-10(4-7-18)12(20)17-14/h2,5,10H,3-4,6-8,14H2,1H3,(H,17,20). The summed E-state index contributed by atoms with van der Waals surface area (Å²) in [5.41, 5.74) is 3.05. The summed E-state index contributed by atoms with van der Waals surface area (Å²) in [5.74, 6) is 5.25. The van der Waals surface area contributed by atoms with Gasteiger partial charge >= 0.3 is 0 Å². The predicted octanol–water partition coefficient (Wildman–Crippen LogP) is 0.106. The molecule has 1 aliphatic heterocycles. The van der Waals surface area contributed by atoms with Gasteiger partial charge in [0.05, 0.1) is 5.75 Å². The Labute approximate surface area is 127 Å². The van der Waals surface area contributed by atoms with E-state index in [4.69, 9.17) is 5.84 Å². The molecule has 0 radical (unpaired) electrons. The van der Waals surface area contributed by atoms with Crippen LogP contribution in [0.15, 0.2) is 17.4 Å². The minimum Gasteiger partial charge on any atom is -0.342 e. The third-order valence-corrected chi connectivity index (χ3v) is 4.30. The molecular weight excluding hydrogens is 290 g/mol. The highest BCUT2D eigenvalue weighted by atomic mass is 32.2. The van der Waals surface area contributed by atoms with Gasteiger partial charge in [0.25, 0.3) is 0 Å². The summed E-state index contributed by atoms with van der Waals surface area (Å²) in [4.78, 5) is 33.7. The van der Waals surface area contributed by atoms with Crippen LogP contribution in [0.1, 0.15) is 18.5 Å². The Bertz CT molecular complexity index is 517. The Morgan fingerprint density at radius 2 is 2.19 bits per heavy atom. The molecular formula is C13H19N5O2S. The van der Waals surface area contributed by atoms with Crippen LogP contribution in [0, 0.1) is 12.8 Å². The topological polar surface area (TPSA) is 101 Å². The van der Waals surface area contributed by atoms with Crippen LogP contribution in [0.5, 0.6) is 0 Å². The molecule has 0 aromatic carbocycles. The average Bonchev–Trinajstić information content (AvgIpc) is 2.52. The first-order valence-corrected chi connectivity index (χ1v) is 7.79. The van der Waals surface area contributed by atoms with Gasteiger partial charge in [-0.15, -0.1) is 0 Å². The van der Waals surface area contributed by atoms with Crippen LogP contribution in [0.2, 0.25) is 0 Å². The lowest BCUT2D eigenvalue weighted by Gasteiger charge is -2.30. The van der Waals surface area contributed by atoms with Gasteiger partial charge in [0, 0.05) is 30.9 Å². The zero-order chi connectivity index (χ0) is 15.2. The Kier molecular flexibility index (Phi) is 5.51. The van der Waals surface area contributed by atoms with Gasteiger partial charge in [-0.3, -0.25) is 15.0 Å². The van der Waals surface area contributed by atoms with Crippen molar-refractivity contribution >= 4 is 23.6 Å². The molecule has 1 aliphatic rings. The second-order valence-corrected chi connectivity index (χ2v) is 5.88. The van der Waals surface area contributed by atoms with Crippen molar-refractivity contribution < 1.29 is 9.59 Å². The summed E-state index contributed by atoms with van der Waals surface area (Å²) in [6.07, 6.45) is 2.99. The summed E-state index contributed by atoms with van der Waals surface area (Å²) in [7, 11) is 0. The fourth-order valence-corrected chi connectivity index (χ4v) is 3.00. The van der Waals surface area contributed by atoms with Crippen LogP contribution in [0.4, 0.5) is 0 Å². The van der Waals surface area contributed by atoms with Crippen molar-refractivity contribution in [2.24, 2.45) is 11.8 Å². The number of rotatable bonds is 4. The molecule has 0 saturated carbocycles. The lowest BCUT2D eigenvalue weighted by molar-refractivity contribution is -0.133. The summed E-state index contributed by atoms with van der Waals surface area (Å²) in [6, 6.07) is 1.82. The van der Waals surface area contributed by atoms with Gasteiger partial charge in [-0.1, -0.05) is 11.8 Å². The van der Waals surface area contributed by atoms with Crippen molar-refractivity contribution in [3.05, 3.63) is 18.0 Å². The minimum absolute atomic E-state index is 0.0525. The molecule has 1 aromatic heterocycles. The molecule has 1 aromatic rings. The molecule has 7 nitrogen and oxygen atoms in total. The molecule has 114 valence electrons. The number of carbonyl (C=O) groups is 2. The lowest BCUT2D eigenvalue weighted by atomic mass is 9.96. The number of aryl methyl sites for hydroxylation is 1. The number of likely N-dealkylation sites (tertiary alicyclic amines) is 1. The highest BCUT2D eigenvalue weighted by Crippen LogP contribution is 2.19. The van der Waals surface area contributed by atoms with Crippen molar-refractivity contribution in [1.29, 1.82) is 0 Å². The van der Waals surface area contributed by atoms with E-state index in [-0.39, 0.29) is 17.7 Å². The molecule has 3 N–H and O–H groups in total. The van der Waals surface area contributed by atoms with Crippen LogP contribution in [0.3, 0.4) is 0 Å². The lowest BCUT2D eigenvalue weighted by Crippen LogP contribution is -2.45. The number of thioether (sulfide) groups is 1. The van der Waals surface area contributed by atoms with E-state index in [2.05, 4.69) is 15.4 Å². The van der Waals surface area contributed by atoms with Crippen molar-refractivity contribution in [2.75, 3.05) is 18.8 Å². The first kappa shape index (κ1) is 15.7. The smallest absolute Gasteiger partial charge is 0.237 e. The van der Waals surface area contributed by atoms with Crippen LogP contribution in [0.25, 0.3) is 0 Å². The number of hydrogen-bond acceptors (Lipinski definition) is 6. The van der Waals surface area contributed by atoms with E-state index in [1.807, 2.05) is 13.0 Å². The molecule has 1 saturated heterocycles. The molecule has 0 bridgehead atoms. The van der Waals surface area contributed by atoms with Crippen molar-refractivity contribution in [3.8, 4) is 0 Å². The van der Waals surface area contributed by atoms with E-state index in [0.29, 0.717) is 36.8 Å². The van der Waals surface area contributed by atoms with Gasteiger partial charge < -0.3 is 4.90 Å². The van der Waals surface area contributed by atoms with E-state index < -0.39 is 0 Å². The number of amides is 2. The number of nitrogens with zero attached hydrogens (tertiary/aromatic N) is 3. The molecule has 8 heteroatoms. The molecule has 0 unspecified atom stereocenters. The summed E-state index contributed by atoms with van der Waals surface area (Å²) >= 11 is 1.34. The zero-order valence-corrected chi connectivity index (χ0v) is 12.7. The Balaban J connectivity index is 1.78. The average molecular weight is 309 g/mol. The number of hydrogen-bond donors (Lipinski definition) is 2. The van der Waals surface area contributed by atoms with E-state index in [9.17, 15) is 9.59 Å². The molecule has 2 heterocycles. The van der Waals surface area contributed by atoms with Gasteiger partial charge in [-0.05, 0) is 25.8 Å². The quantitative estimate of drug-likeness (QED) is 0.269. The first-order chi connectivity index (χ1) is 10.1. The van der Waals surface area contributed by atoms with Crippen LogP contribution >= 0.6 is 11.8 Å². The van der Waals surface area contributed by atoms with E-state index in [0.717, 1.165) is 5.69 Å². The molecule has 2 amide bonds. The van der Waals surface area contributed by atoms with Crippen molar-refractivity contribution in [2.45, 2.75) is 24.9 Å². The summed E-state index contributed by atoms with van der Waals surface area (Å²) in [6.45, 7) is 3.07. The van der Waals surface area contributed by atoms with E-state index >= 15 is 0 Å². The molecule has 1 fully saturated rings. The normalized spacial score (nSPS) is 15.8. The number of aromatic nitrogens is 2. The molecule has 0 spiro atoms. The largest absolute Gasteiger partial charge is 0.342 e. The van der Waals surface area contributed by atoms with Crippen LogP contribution in [-0.2, 0) is 9.59 Å². The molecule has 0 aliphatic carbocycles. The Hall–Kier alpha value is -1.67. The first-order valence-electron chi connectivity index (χ1n) is 6.81. The number of nitrogens with one attached hydrogen (secondary N) is 1. The maximum Gasteiger partial charge on any atom is 0.237 e. The van der Waals surface area contributed by atoms with Crippen molar-refractivity contribution in [1.82, 2.24) is 20.3 Å². The van der Waals surface area contributed by atoms with Gasteiger partial charge in [-0.2, -0.15) is 0 Å². The minimum atomic E-state index is -0.148.